The maximum absolute atomic E-state index is 11.1. The Morgan fingerprint density at radius 3 is 1.17 bits per heavy atom. The number of nitrogens with zero attached hydrogens (tertiary/aromatic N) is 3. The van der Waals surface area contributed by atoms with E-state index >= 15 is 0 Å². The van der Waals surface area contributed by atoms with Crippen molar-refractivity contribution in [1.82, 2.24) is 0 Å². The Labute approximate surface area is 494 Å². The molecule has 2 heterocycles. The molecule has 0 aromatic heterocycles. The van der Waals surface area contributed by atoms with Gasteiger partial charge in [0.15, 0.2) is 11.6 Å². The monoisotopic (exact) mass is 1140 g/mol. The minimum atomic E-state index is -0.630. The SMILES string of the molecule is C#C[C@H]1CCC2C3C(CC[C@@]21C)[C@@]1(C)CC[C@H](N)CC1[C@@H](O)[C@@H]3O.C#C[C@H]1CCC2C3C(CC[C@@]21C)[C@@]1(C)CC[C@H](N)CC1[C@H]1OC(C)(C)O[C@H]31.C#C[C@H]1CCC2C3C(CC[C@@]21C)[C@@]1(C)CC[C@H](N=[N+]=[N-])CC1[C@H]1OC(C)(C)O[C@H]31.Cl. The van der Waals surface area contributed by atoms with Crippen LogP contribution in [0.5, 0.6) is 0 Å². The molecule has 0 bridgehead atoms. The molecule has 2 aliphatic heterocycles. The highest BCUT2D eigenvalue weighted by molar-refractivity contribution is 5.85. The highest BCUT2D eigenvalue weighted by atomic mass is 35.5. The molecule has 12 saturated carbocycles. The summed E-state index contributed by atoms with van der Waals surface area (Å²) >= 11 is 0. The lowest BCUT2D eigenvalue weighted by Crippen LogP contribution is -2.64. The van der Waals surface area contributed by atoms with E-state index in [0.717, 1.165) is 83.0 Å². The van der Waals surface area contributed by atoms with Gasteiger partial charge in [0, 0.05) is 40.8 Å². The lowest BCUT2D eigenvalue weighted by atomic mass is 9.43. The molecule has 14 fully saturated rings. The fourth-order valence-corrected chi connectivity index (χ4v) is 24.7. The number of terminal acetylenes is 3. The Morgan fingerprint density at radius 2 is 0.753 bits per heavy atom. The summed E-state index contributed by atoms with van der Waals surface area (Å²) in [6.07, 6.45) is 41.1. The second-order valence-corrected chi connectivity index (χ2v) is 32.5. The van der Waals surface area contributed by atoms with Crippen molar-refractivity contribution in [2.45, 2.75) is 270 Å². The Balaban J connectivity index is 0.000000128. The number of halogens is 1. The Kier molecular flexibility index (Phi) is 15.8. The largest absolute Gasteiger partial charge is 0.390 e. The van der Waals surface area contributed by atoms with Crippen LogP contribution in [0.25, 0.3) is 10.4 Å². The predicted molar refractivity (Wildman–Crippen MR) is 320 cm³/mol. The number of fused-ring (bicyclic) bond motifs is 21. The summed E-state index contributed by atoms with van der Waals surface area (Å²) in [4.78, 5) is 3.12. The van der Waals surface area contributed by atoms with Crippen molar-refractivity contribution < 1.29 is 29.2 Å². The average molecular weight is 1140 g/mol. The van der Waals surface area contributed by atoms with Crippen LogP contribution in [0.3, 0.4) is 0 Å². The number of hydrogen-bond acceptors (Lipinski definition) is 9. The summed E-state index contributed by atoms with van der Waals surface area (Å²) in [7, 11) is 0. The van der Waals surface area contributed by atoms with E-state index in [9.17, 15) is 10.2 Å². The molecule has 0 aromatic carbocycles. The summed E-state index contributed by atoms with van der Waals surface area (Å²) in [6, 6.07) is 0.583. The standard InChI is InChI=1S/C24H35N3O2.C24H37NO2.C21H33NO2.ClH/c1-6-14-7-8-16-19-17(10-12-23(14,16)4)24(5)11-9-15(26-27-25)13-18(24)20-21(19)29-22(2,3)28-20;1-6-14-7-8-16-19-17(10-12-23(14,16)4)24(5)11-9-15(25)13-18(24)20-21(19)27-22(2,3)26-20;1-4-12-5-6-14-17-15(8-10-20(12,14)2)21(3)9-7-13(22)11-16(21)18(23)19(17)24;/h1,14-21H,7-13H2,2-5H3;1,14-21H,7-13,25H2,2-5H3;1,12-19,23-24H,5-11,22H2,2-3H3;1H/t2*14-,15-,16?,17?,18?,19?,20+,21+,23+,24+;12-,13-,14?,15?,16?,17?,18+,19+,20+,21+;/m000./s1. The lowest BCUT2D eigenvalue weighted by molar-refractivity contribution is -0.214. The normalized spacial score (nSPS) is 56.9. The highest BCUT2D eigenvalue weighted by Crippen LogP contribution is 2.72. The summed E-state index contributed by atoms with van der Waals surface area (Å²) in [5.74, 6) is 15.5. The summed E-state index contributed by atoms with van der Waals surface area (Å²) in [5.41, 5.74) is 23.0. The van der Waals surface area contributed by atoms with Crippen LogP contribution >= 0.6 is 12.4 Å². The lowest BCUT2D eigenvalue weighted by Gasteiger charge is -2.63. The van der Waals surface area contributed by atoms with Crippen molar-refractivity contribution in [3.05, 3.63) is 10.4 Å². The van der Waals surface area contributed by atoms with Gasteiger partial charge in [-0.1, -0.05) is 46.7 Å². The maximum atomic E-state index is 11.1. The summed E-state index contributed by atoms with van der Waals surface area (Å²) in [5, 5.41) is 26.2. The molecule has 11 nitrogen and oxygen atoms in total. The first kappa shape index (κ1) is 60.6. The van der Waals surface area contributed by atoms with Crippen LogP contribution in [0.15, 0.2) is 5.11 Å². The van der Waals surface area contributed by atoms with Gasteiger partial charge in [0.2, 0.25) is 0 Å². The molecule has 14 aliphatic rings. The van der Waals surface area contributed by atoms with Crippen LogP contribution in [-0.2, 0) is 18.9 Å². The Bertz CT molecular complexity index is 2560. The van der Waals surface area contributed by atoms with Gasteiger partial charge in [0.05, 0.1) is 36.6 Å². The van der Waals surface area contributed by atoms with Gasteiger partial charge in [-0.2, -0.15) is 0 Å². The third kappa shape index (κ3) is 9.13. The first-order chi connectivity index (χ1) is 37.8. The molecule has 12 heteroatoms. The first-order valence-electron chi connectivity index (χ1n) is 32.8. The van der Waals surface area contributed by atoms with Crippen molar-refractivity contribution in [2.75, 3.05) is 0 Å². The van der Waals surface area contributed by atoms with E-state index in [-0.39, 0.29) is 87.8 Å². The minimum Gasteiger partial charge on any atom is -0.390 e. The Morgan fingerprint density at radius 1 is 0.420 bits per heavy atom. The van der Waals surface area contributed by atoms with Gasteiger partial charge in [0.25, 0.3) is 0 Å². The van der Waals surface area contributed by atoms with E-state index in [1.165, 1.54) is 57.8 Å². The summed E-state index contributed by atoms with van der Waals surface area (Å²) in [6.45, 7) is 23.0. The zero-order valence-corrected chi connectivity index (χ0v) is 52.2. The van der Waals surface area contributed by atoms with Gasteiger partial charge in [-0.05, 0) is 272 Å². The molecule has 450 valence electrons. The molecule has 0 radical (unpaired) electrons. The molecule has 12 aliphatic carbocycles. The fraction of sp³-hybridized carbons (Fsp3) is 0.913. The van der Waals surface area contributed by atoms with Crippen LogP contribution in [0.2, 0.25) is 0 Å². The fourth-order valence-electron chi connectivity index (χ4n) is 24.7. The quantitative estimate of drug-likeness (QED) is 0.0867. The molecule has 0 amide bonds. The van der Waals surface area contributed by atoms with E-state index in [1.54, 1.807) is 0 Å². The molecule has 2 saturated heterocycles. The number of nitrogens with two attached hydrogens (primary N) is 2. The topological polar surface area (TPSA) is 178 Å². The van der Waals surface area contributed by atoms with Gasteiger partial charge in [0.1, 0.15) is 0 Å². The van der Waals surface area contributed by atoms with E-state index in [4.69, 9.17) is 55.2 Å². The number of ether oxygens (including phenoxy) is 4. The van der Waals surface area contributed by atoms with Crippen molar-refractivity contribution in [2.24, 2.45) is 138 Å². The molecule has 14 rings (SSSR count). The van der Waals surface area contributed by atoms with Gasteiger partial charge < -0.3 is 40.6 Å². The molecule has 0 spiro atoms. The zero-order chi connectivity index (χ0) is 57.1. The van der Waals surface area contributed by atoms with Crippen LogP contribution in [0, 0.1) is 158 Å². The van der Waals surface area contributed by atoms with Crippen molar-refractivity contribution in [3.63, 3.8) is 0 Å². The molecule has 12 unspecified atom stereocenters. The van der Waals surface area contributed by atoms with Gasteiger partial charge in [-0.15, -0.1) is 49.4 Å². The van der Waals surface area contributed by atoms with Crippen molar-refractivity contribution in [3.8, 4) is 37.0 Å². The van der Waals surface area contributed by atoms with Gasteiger partial charge >= 0.3 is 0 Å². The molecule has 6 N–H and O–H groups in total. The second kappa shape index (κ2) is 21.1. The van der Waals surface area contributed by atoms with Crippen LogP contribution in [-0.4, -0.2) is 76.5 Å². The third-order valence-electron chi connectivity index (χ3n) is 28.7. The molecule has 81 heavy (non-hydrogen) atoms. The first-order valence-corrected chi connectivity index (χ1v) is 32.8. The Hall–Kier alpha value is -2.04. The van der Waals surface area contributed by atoms with Crippen LogP contribution < -0.4 is 11.5 Å². The third-order valence-corrected chi connectivity index (χ3v) is 28.7. The van der Waals surface area contributed by atoms with Crippen molar-refractivity contribution >= 4 is 12.4 Å². The maximum Gasteiger partial charge on any atom is 0.163 e. The zero-order valence-electron chi connectivity index (χ0n) is 51.4. The van der Waals surface area contributed by atoms with E-state index in [0.29, 0.717) is 82.5 Å². The molecular formula is C69H106ClN5O6. The molecular weight excluding hydrogens is 1030 g/mol. The average Bonchev–Trinajstić information content (AvgIpc) is 4.40. The number of aliphatic hydroxyl groups excluding tert-OH is 2. The van der Waals surface area contributed by atoms with E-state index < -0.39 is 23.8 Å². The van der Waals surface area contributed by atoms with E-state index in [2.05, 4.69) is 97.0 Å². The van der Waals surface area contributed by atoms with E-state index in [1.807, 2.05) is 0 Å². The predicted octanol–water partition coefficient (Wildman–Crippen LogP) is 13.0. The highest BCUT2D eigenvalue weighted by Gasteiger charge is 2.71. The minimum absolute atomic E-state index is 0. The second-order valence-electron chi connectivity index (χ2n) is 32.5. The van der Waals surface area contributed by atoms with Gasteiger partial charge in [-0.3, -0.25) is 0 Å². The van der Waals surface area contributed by atoms with Gasteiger partial charge in [-0.25, -0.2) is 0 Å². The number of rotatable bonds is 1. The van der Waals surface area contributed by atoms with Crippen LogP contribution in [0.1, 0.15) is 204 Å². The van der Waals surface area contributed by atoms with Crippen LogP contribution in [0.4, 0.5) is 0 Å². The number of hydrogen-bond donors (Lipinski definition) is 4. The molecule has 0 aromatic rings. The smallest absolute Gasteiger partial charge is 0.163 e. The number of aliphatic hydroxyl groups is 2. The molecule has 30 atom stereocenters. The summed E-state index contributed by atoms with van der Waals surface area (Å²) < 4.78 is 26.5. The van der Waals surface area contributed by atoms with Crippen molar-refractivity contribution in [1.29, 1.82) is 0 Å². The number of azide groups is 1.